The zero-order chi connectivity index (χ0) is 22.8. The third-order valence-corrected chi connectivity index (χ3v) is 9.37. The van der Waals surface area contributed by atoms with Gasteiger partial charge in [0.15, 0.2) is 0 Å². The molecule has 0 spiro atoms. The Morgan fingerprint density at radius 2 is 1.18 bits per heavy atom. The molecule has 0 nitrogen and oxygen atoms in total. The number of rotatable bonds is 2. The minimum Gasteiger partial charge on any atom is -0.0610 e. The lowest BCUT2D eigenvalue weighted by atomic mass is 9.72. The summed E-state index contributed by atoms with van der Waals surface area (Å²) in [6.07, 6.45) is 13.7. The van der Waals surface area contributed by atoms with Gasteiger partial charge in [-0.05, 0) is 112 Å². The molecule has 172 valence electrons. The Morgan fingerprint density at radius 3 is 1.85 bits per heavy atom. The molecule has 0 aromatic heterocycles. The molecule has 0 amide bonds. The van der Waals surface area contributed by atoms with Crippen molar-refractivity contribution in [2.45, 2.75) is 89.9 Å². The lowest BCUT2D eigenvalue weighted by molar-refractivity contribution is 0.443. The first-order valence-electron chi connectivity index (χ1n) is 13.9. The fourth-order valence-electron chi connectivity index (χ4n) is 7.81. The van der Waals surface area contributed by atoms with Crippen molar-refractivity contribution in [2.24, 2.45) is 0 Å². The van der Waals surface area contributed by atoms with Gasteiger partial charge in [0, 0.05) is 0 Å². The Bertz CT molecular complexity index is 1420. The van der Waals surface area contributed by atoms with Gasteiger partial charge in [0.1, 0.15) is 0 Å². The molecule has 7 rings (SSSR count). The van der Waals surface area contributed by atoms with E-state index in [1.165, 1.54) is 97.2 Å². The molecule has 0 atom stereocenters. The second-order valence-electron chi connectivity index (χ2n) is 11.5. The van der Waals surface area contributed by atoms with E-state index < -0.39 is 0 Å². The van der Waals surface area contributed by atoms with E-state index in [0.717, 1.165) is 0 Å². The van der Waals surface area contributed by atoms with Crippen LogP contribution >= 0.6 is 0 Å². The second kappa shape index (κ2) is 7.98. The van der Waals surface area contributed by atoms with Crippen LogP contribution in [-0.2, 0) is 0 Å². The van der Waals surface area contributed by atoms with Gasteiger partial charge >= 0.3 is 0 Å². The molecule has 3 aliphatic carbocycles. The molecule has 0 saturated heterocycles. The molecule has 4 aromatic carbocycles. The summed E-state index contributed by atoms with van der Waals surface area (Å²) in [5.41, 5.74) is 12.5. The highest BCUT2D eigenvalue weighted by atomic mass is 14.4. The van der Waals surface area contributed by atoms with E-state index >= 15 is 0 Å². The Kier molecular flexibility index (Phi) is 4.87. The summed E-state index contributed by atoms with van der Waals surface area (Å²) >= 11 is 0. The average molecular weight is 445 g/mol. The molecule has 0 aliphatic heterocycles. The minimum atomic E-state index is 0.692. The third kappa shape index (κ3) is 2.97. The summed E-state index contributed by atoms with van der Waals surface area (Å²) in [5.74, 6) is 1.39. The molecule has 3 aliphatic rings. The fourth-order valence-corrected chi connectivity index (χ4v) is 7.81. The van der Waals surface area contributed by atoms with Gasteiger partial charge in [0.25, 0.3) is 0 Å². The first-order chi connectivity index (χ1) is 16.7. The van der Waals surface area contributed by atoms with E-state index in [1.54, 1.807) is 33.0 Å². The largest absolute Gasteiger partial charge is 0.0610 e. The lowest BCUT2D eigenvalue weighted by Crippen LogP contribution is -2.11. The van der Waals surface area contributed by atoms with Gasteiger partial charge in [-0.3, -0.25) is 0 Å². The van der Waals surface area contributed by atoms with Crippen LogP contribution in [0.5, 0.6) is 0 Å². The van der Waals surface area contributed by atoms with Crippen LogP contribution in [-0.4, -0.2) is 0 Å². The third-order valence-electron chi connectivity index (χ3n) is 9.37. The van der Waals surface area contributed by atoms with Crippen LogP contribution in [0.25, 0.3) is 43.8 Å². The topological polar surface area (TPSA) is 0 Å². The van der Waals surface area contributed by atoms with E-state index in [2.05, 4.69) is 62.4 Å². The van der Waals surface area contributed by atoms with Crippen molar-refractivity contribution in [1.82, 2.24) is 0 Å². The van der Waals surface area contributed by atoms with Gasteiger partial charge in [0.05, 0.1) is 0 Å². The van der Waals surface area contributed by atoms with E-state index in [0.29, 0.717) is 11.8 Å². The number of hydrogen-bond donors (Lipinski definition) is 0. The predicted octanol–water partition coefficient (Wildman–Crippen LogP) is 10.4. The lowest BCUT2D eigenvalue weighted by Gasteiger charge is -2.31. The Balaban J connectivity index is 1.66. The van der Waals surface area contributed by atoms with Crippen LogP contribution in [0.4, 0.5) is 0 Å². The van der Waals surface area contributed by atoms with Crippen LogP contribution < -0.4 is 0 Å². The number of hydrogen-bond acceptors (Lipinski definition) is 0. The van der Waals surface area contributed by atoms with Crippen molar-refractivity contribution in [3.8, 4) is 22.3 Å². The minimum absolute atomic E-state index is 0.692. The maximum absolute atomic E-state index is 2.54. The van der Waals surface area contributed by atoms with Crippen molar-refractivity contribution < 1.29 is 0 Å². The van der Waals surface area contributed by atoms with Crippen molar-refractivity contribution >= 4 is 21.5 Å². The van der Waals surface area contributed by atoms with Gasteiger partial charge < -0.3 is 0 Å². The van der Waals surface area contributed by atoms with E-state index in [9.17, 15) is 0 Å². The van der Waals surface area contributed by atoms with Gasteiger partial charge in [-0.1, -0.05) is 92.6 Å². The molecule has 4 aromatic rings. The first kappa shape index (κ1) is 20.7. The van der Waals surface area contributed by atoms with Crippen molar-refractivity contribution in [2.75, 3.05) is 0 Å². The molecule has 0 bridgehead atoms. The van der Waals surface area contributed by atoms with E-state index in [4.69, 9.17) is 0 Å². The normalized spacial score (nSPS) is 18.6. The summed E-state index contributed by atoms with van der Waals surface area (Å²) in [5, 5.41) is 6.13. The van der Waals surface area contributed by atoms with Crippen LogP contribution in [0.1, 0.15) is 98.3 Å². The zero-order valence-electron chi connectivity index (χ0n) is 20.8. The van der Waals surface area contributed by atoms with Crippen LogP contribution in [0, 0.1) is 13.8 Å². The summed E-state index contributed by atoms with van der Waals surface area (Å²) < 4.78 is 0. The summed E-state index contributed by atoms with van der Waals surface area (Å²) in [6.45, 7) is 4.58. The first-order valence-corrected chi connectivity index (χ1v) is 13.9. The average Bonchev–Trinajstić information content (AvgIpc) is 3.20. The second-order valence-corrected chi connectivity index (χ2v) is 11.5. The maximum atomic E-state index is 2.54. The molecule has 0 heteroatoms. The molecule has 0 heterocycles. The number of fused-ring (bicyclic) bond motifs is 4. The van der Waals surface area contributed by atoms with Crippen LogP contribution in [0.2, 0.25) is 0 Å². The number of benzene rings is 4. The molecular formula is C34H36. The summed E-state index contributed by atoms with van der Waals surface area (Å²) in [7, 11) is 0. The highest BCUT2D eigenvalue weighted by Crippen LogP contribution is 2.58. The molecule has 34 heavy (non-hydrogen) atoms. The van der Waals surface area contributed by atoms with Crippen molar-refractivity contribution in [3.05, 3.63) is 70.8 Å². The number of aryl methyl sites for hydroxylation is 2. The molecule has 2 fully saturated rings. The van der Waals surface area contributed by atoms with E-state index in [1.807, 2.05) is 0 Å². The Morgan fingerprint density at radius 1 is 0.559 bits per heavy atom. The van der Waals surface area contributed by atoms with Gasteiger partial charge in [-0.15, -0.1) is 0 Å². The van der Waals surface area contributed by atoms with Gasteiger partial charge in [-0.2, -0.15) is 0 Å². The monoisotopic (exact) mass is 444 g/mol. The van der Waals surface area contributed by atoms with E-state index in [-0.39, 0.29) is 0 Å². The van der Waals surface area contributed by atoms with Gasteiger partial charge in [-0.25, -0.2) is 0 Å². The predicted molar refractivity (Wildman–Crippen MR) is 147 cm³/mol. The Hall–Kier alpha value is -2.60. The quantitative estimate of drug-likeness (QED) is 0.254. The summed E-state index contributed by atoms with van der Waals surface area (Å²) in [6, 6.07) is 19.4. The fraction of sp³-hybridized carbons (Fsp3) is 0.412. The summed E-state index contributed by atoms with van der Waals surface area (Å²) in [4.78, 5) is 0. The van der Waals surface area contributed by atoms with Crippen LogP contribution in [0.3, 0.4) is 0 Å². The van der Waals surface area contributed by atoms with Gasteiger partial charge in [0.2, 0.25) is 0 Å². The SMILES string of the molecule is Cc1ccc2c(C3CCCCC3)c3c(c(C4CCCCC4)c2c1)-c1ccc(C)c2cccc-3c12. The zero-order valence-corrected chi connectivity index (χ0v) is 20.8. The maximum Gasteiger partial charge on any atom is -0.00235 e. The smallest absolute Gasteiger partial charge is 0.00235 e. The van der Waals surface area contributed by atoms with Crippen LogP contribution in [0.15, 0.2) is 48.5 Å². The Labute approximate surface area is 204 Å². The molecule has 0 radical (unpaired) electrons. The molecule has 2 saturated carbocycles. The molecular weight excluding hydrogens is 408 g/mol. The highest BCUT2D eigenvalue weighted by Gasteiger charge is 2.34. The molecule has 0 N–H and O–H groups in total. The standard InChI is InChI=1S/C34H36/c1-21-16-18-26-29(20-21)31(24-12-7-4-8-13-24)34-28-19-17-22(2)25-14-9-15-27(32(25)28)33(34)30(26)23-10-5-3-6-11-23/h9,14-20,23-24H,3-8,10-13H2,1-2H3. The molecule has 0 unspecified atom stereocenters. The van der Waals surface area contributed by atoms with Crippen molar-refractivity contribution in [1.29, 1.82) is 0 Å². The highest BCUT2D eigenvalue weighted by molar-refractivity contribution is 6.20. The van der Waals surface area contributed by atoms with Crippen molar-refractivity contribution in [3.63, 3.8) is 0 Å².